The number of esters is 1. The Morgan fingerprint density at radius 1 is 0.929 bits per heavy atom. The van der Waals surface area contributed by atoms with Crippen LogP contribution < -0.4 is 23.7 Å². The number of carbonyl (C=O) groups is 1. The largest absolute Gasteiger partial charge is 0.496 e. The highest BCUT2D eigenvalue weighted by Crippen LogP contribution is 2.44. The van der Waals surface area contributed by atoms with Crippen LogP contribution in [0.15, 0.2) is 30.3 Å². The standard InChI is InChI=1S/C21H24O7/c1-12(22)27-20-11-15-17(25-4)9-14(23-2)10-18(15)28-21(20)13-6-7-16(24-3)19(8-13)26-5/h6-10,20-21H,11H2,1-5H3/t20-,21-/m0/s1. The summed E-state index contributed by atoms with van der Waals surface area (Å²) in [6, 6.07) is 9.07. The van der Waals surface area contributed by atoms with Gasteiger partial charge in [0.2, 0.25) is 0 Å². The highest BCUT2D eigenvalue weighted by atomic mass is 16.6. The van der Waals surface area contributed by atoms with Crippen molar-refractivity contribution in [1.29, 1.82) is 0 Å². The summed E-state index contributed by atoms with van der Waals surface area (Å²) in [5.74, 6) is 2.66. The fourth-order valence-corrected chi connectivity index (χ4v) is 3.35. The van der Waals surface area contributed by atoms with Gasteiger partial charge in [0.25, 0.3) is 0 Å². The van der Waals surface area contributed by atoms with Gasteiger partial charge in [-0.2, -0.15) is 0 Å². The van der Waals surface area contributed by atoms with Gasteiger partial charge in [-0.1, -0.05) is 6.07 Å². The van der Waals surface area contributed by atoms with E-state index in [1.165, 1.54) is 6.92 Å². The van der Waals surface area contributed by atoms with Crippen LogP contribution in [0, 0.1) is 0 Å². The van der Waals surface area contributed by atoms with Gasteiger partial charge >= 0.3 is 5.97 Å². The number of rotatable bonds is 6. The predicted octanol–water partition coefficient (Wildman–Crippen LogP) is 3.33. The lowest BCUT2D eigenvalue weighted by molar-refractivity contribution is -0.152. The quantitative estimate of drug-likeness (QED) is 0.703. The Labute approximate surface area is 164 Å². The van der Waals surface area contributed by atoms with Gasteiger partial charge in [-0.3, -0.25) is 4.79 Å². The molecule has 0 saturated heterocycles. The van der Waals surface area contributed by atoms with Crippen LogP contribution in [0.4, 0.5) is 0 Å². The molecular formula is C21H24O7. The maximum absolute atomic E-state index is 11.7. The van der Waals surface area contributed by atoms with Crippen LogP contribution >= 0.6 is 0 Å². The van der Waals surface area contributed by atoms with Gasteiger partial charge in [0.05, 0.1) is 28.4 Å². The number of benzene rings is 2. The Hall–Kier alpha value is -3.09. The van der Waals surface area contributed by atoms with E-state index in [2.05, 4.69) is 0 Å². The maximum Gasteiger partial charge on any atom is 0.303 e. The fourth-order valence-electron chi connectivity index (χ4n) is 3.35. The highest BCUT2D eigenvalue weighted by Gasteiger charge is 2.36. The molecule has 0 saturated carbocycles. The van der Waals surface area contributed by atoms with Crippen molar-refractivity contribution in [2.24, 2.45) is 0 Å². The van der Waals surface area contributed by atoms with Crippen LogP contribution in [-0.4, -0.2) is 40.5 Å². The molecule has 0 amide bonds. The van der Waals surface area contributed by atoms with E-state index in [1.807, 2.05) is 12.1 Å². The predicted molar refractivity (Wildman–Crippen MR) is 102 cm³/mol. The Morgan fingerprint density at radius 2 is 1.64 bits per heavy atom. The maximum atomic E-state index is 11.7. The normalized spacial score (nSPS) is 17.8. The second-order valence-electron chi connectivity index (χ2n) is 6.31. The molecule has 1 aliphatic heterocycles. The van der Waals surface area contributed by atoms with Crippen LogP contribution in [0.1, 0.15) is 24.2 Å². The van der Waals surface area contributed by atoms with E-state index < -0.39 is 12.2 Å². The van der Waals surface area contributed by atoms with E-state index in [0.717, 1.165) is 11.1 Å². The average Bonchev–Trinajstić information content (AvgIpc) is 2.71. The number of fused-ring (bicyclic) bond motifs is 1. The molecular weight excluding hydrogens is 364 g/mol. The van der Waals surface area contributed by atoms with Crippen LogP contribution in [-0.2, 0) is 16.0 Å². The molecule has 0 aliphatic carbocycles. The summed E-state index contributed by atoms with van der Waals surface area (Å²) in [7, 11) is 6.30. The minimum atomic E-state index is -0.523. The molecule has 0 spiro atoms. The second kappa shape index (κ2) is 8.29. The monoisotopic (exact) mass is 388 g/mol. The Morgan fingerprint density at radius 3 is 2.25 bits per heavy atom. The van der Waals surface area contributed by atoms with Crippen molar-refractivity contribution in [1.82, 2.24) is 0 Å². The Bertz CT molecular complexity index is 862. The third-order valence-electron chi connectivity index (χ3n) is 4.65. The van der Waals surface area contributed by atoms with E-state index in [1.54, 1.807) is 46.6 Å². The molecule has 150 valence electrons. The summed E-state index contributed by atoms with van der Waals surface area (Å²) in [6.45, 7) is 1.38. The third-order valence-corrected chi connectivity index (χ3v) is 4.65. The first kappa shape index (κ1) is 19.7. The summed E-state index contributed by atoms with van der Waals surface area (Å²) >= 11 is 0. The summed E-state index contributed by atoms with van der Waals surface area (Å²) in [5.41, 5.74) is 1.63. The van der Waals surface area contributed by atoms with Gasteiger partial charge in [0.1, 0.15) is 23.4 Å². The number of ether oxygens (including phenoxy) is 6. The van der Waals surface area contributed by atoms with Crippen molar-refractivity contribution in [3.05, 3.63) is 41.5 Å². The van der Waals surface area contributed by atoms with Gasteiger partial charge in [-0.25, -0.2) is 0 Å². The minimum absolute atomic E-state index is 0.380. The molecule has 2 atom stereocenters. The number of methoxy groups -OCH3 is 4. The van der Waals surface area contributed by atoms with Crippen molar-refractivity contribution >= 4 is 5.97 Å². The molecule has 0 N–H and O–H groups in total. The van der Waals surface area contributed by atoms with Gasteiger partial charge in [-0.05, 0) is 12.1 Å². The first-order valence-electron chi connectivity index (χ1n) is 8.81. The SMILES string of the molecule is COc1cc(OC)c2c(c1)O[C@@H](c1ccc(OC)c(OC)c1)[C@@H](OC(C)=O)C2. The van der Waals surface area contributed by atoms with Crippen molar-refractivity contribution in [2.75, 3.05) is 28.4 Å². The first-order chi connectivity index (χ1) is 13.5. The molecule has 0 unspecified atom stereocenters. The van der Waals surface area contributed by atoms with E-state index in [9.17, 15) is 4.79 Å². The van der Waals surface area contributed by atoms with Crippen LogP contribution in [0.5, 0.6) is 28.7 Å². The van der Waals surface area contributed by atoms with Gasteiger partial charge in [-0.15, -0.1) is 0 Å². The molecule has 0 fully saturated rings. The Balaban J connectivity index is 2.06. The number of carbonyl (C=O) groups excluding carboxylic acids is 1. The lowest BCUT2D eigenvalue weighted by atomic mass is 9.93. The Kier molecular flexibility index (Phi) is 5.82. The van der Waals surface area contributed by atoms with Crippen LogP contribution in [0.2, 0.25) is 0 Å². The van der Waals surface area contributed by atoms with Gasteiger partial charge in [0, 0.05) is 36.6 Å². The zero-order valence-electron chi connectivity index (χ0n) is 16.6. The molecule has 2 aromatic carbocycles. The number of hydrogen-bond acceptors (Lipinski definition) is 7. The molecule has 1 aliphatic rings. The highest BCUT2D eigenvalue weighted by molar-refractivity contribution is 5.66. The van der Waals surface area contributed by atoms with Crippen molar-refractivity contribution < 1.29 is 33.2 Å². The zero-order chi connectivity index (χ0) is 20.3. The molecule has 3 rings (SSSR count). The molecule has 1 heterocycles. The van der Waals surface area contributed by atoms with Crippen LogP contribution in [0.3, 0.4) is 0 Å². The van der Waals surface area contributed by atoms with Gasteiger partial charge in [0.15, 0.2) is 17.6 Å². The van der Waals surface area contributed by atoms with E-state index >= 15 is 0 Å². The molecule has 7 heteroatoms. The lowest BCUT2D eigenvalue weighted by Gasteiger charge is -2.34. The van der Waals surface area contributed by atoms with Gasteiger partial charge < -0.3 is 28.4 Å². The van der Waals surface area contributed by atoms with E-state index in [4.69, 9.17) is 28.4 Å². The molecule has 0 radical (unpaired) electrons. The smallest absolute Gasteiger partial charge is 0.303 e. The van der Waals surface area contributed by atoms with Crippen molar-refractivity contribution in [3.8, 4) is 28.7 Å². The zero-order valence-corrected chi connectivity index (χ0v) is 16.6. The molecule has 2 aromatic rings. The first-order valence-corrected chi connectivity index (χ1v) is 8.81. The van der Waals surface area contributed by atoms with E-state index in [-0.39, 0.29) is 5.97 Å². The molecule has 28 heavy (non-hydrogen) atoms. The number of hydrogen-bond donors (Lipinski definition) is 0. The average molecular weight is 388 g/mol. The molecule has 0 bridgehead atoms. The molecule has 0 aromatic heterocycles. The topological polar surface area (TPSA) is 72.5 Å². The summed E-state index contributed by atoms with van der Waals surface area (Å²) in [6.07, 6.45) is -0.598. The molecule has 7 nitrogen and oxygen atoms in total. The fraction of sp³-hybridized carbons (Fsp3) is 0.381. The lowest BCUT2D eigenvalue weighted by Crippen LogP contribution is -2.34. The van der Waals surface area contributed by atoms with Crippen molar-refractivity contribution in [2.45, 2.75) is 25.6 Å². The summed E-state index contributed by atoms with van der Waals surface area (Å²) < 4.78 is 33.4. The summed E-state index contributed by atoms with van der Waals surface area (Å²) in [4.78, 5) is 11.7. The second-order valence-corrected chi connectivity index (χ2v) is 6.31. The van der Waals surface area contributed by atoms with Crippen LogP contribution in [0.25, 0.3) is 0 Å². The van der Waals surface area contributed by atoms with E-state index in [0.29, 0.717) is 35.2 Å². The minimum Gasteiger partial charge on any atom is -0.496 e. The third kappa shape index (κ3) is 3.78. The summed E-state index contributed by atoms with van der Waals surface area (Å²) in [5, 5.41) is 0. The van der Waals surface area contributed by atoms with Crippen molar-refractivity contribution in [3.63, 3.8) is 0 Å².